The third-order valence-electron chi connectivity index (χ3n) is 1.35. The fourth-order valence-corrected chi connectivity index (χ4v) is 6.27. The SMILES string of the molecule is C[CH](C)[Tl][C]1=CC=CC1. The molecular weight excluding hydrogens is 300 g/mol. The van der Waals surface area contributed by atoms with Crippen LogP contribution in [0.2, 0.25) is 3.48 Å². The molecule has 1 aliphatic carbocycles. The van der Waals surface area contributed by atoms with Crippen molar-refractivity contribution in [2.45, 2.75) is 23.7 Å². The van der Waals surface area contributed by atoms with Crippen molar-refractivity contribution in [3.8, 4) is 0 Å². The first-order valence-corrected chi connectivity index (χ1v) is 8.33. The predicted molar refractivity (Wildman–Crippen MR) is 42.7 cm³/mol. The zero-order valence-electron chi connectivity index (χ0n) is 6.09. The van der Waals surface area contributed by atoms with E-state index in [0.29, 0.717) is 0 Å². The van der Waals surface area contributed by atoms with E-state index >= 15 is 0 Å². The molecule has 0 aliphatic heterocycles. The van der Waals surface area contributed by atoms with Crippen molar-refractivity contribution in [1.82, 2.24) is 0 Å². The van der Waals surface area contributed by atoms with Gasteiger partial charge in [0.05, 0.1) is 0 Å². The molecule has 0 radical (unpaired) electrons. The summed E-state index contributed by atoms with van der Waals surface area (Å²) >= 11 is -0.454. The van der Waals surface area contributed by atoms with Crippen LogP contribution in [0.25, 0.3) is 0 Å². The molecule has 9 heavy (non-hydrogen) atoms. The van der Waals surface area contributed by atoms with Gasteiger partial charge in [0.2, 0.25) is 0 Å². The molecule has 0 nitrogen and oxygen atoms in total. The number of hydrogen-bond donors (Lipinski definition) is 0. The summed E-state index contributed by atoms with van der Waals surface area (Å²) in [6.45, 7) is 4.71. The Kier molecular flexibility index (Phi) is 2.95. The van der Waals surface area contributed by atoms with E-state index in [9.17, 15) is 0 Å². The summed E-state index contributed by atoms with van der Waals surface area (Å²) in [7, 11) is 0. The monoisotopic (exact) mass is 313 g/mol. The van der Waals surface area contributed by atoms with Gasteiger partial charge in [-0.05, 0) is 0 Å². The molecule has 0 heterocycles. The Morgan fingerprint density at radius 3 is 2.78 bits per heavy atom. The molecule has 0 bridgehead atoms. The van der Waals surface area contributed by atoms with Crippen LogP contribution in [-0.4, -0.2) is 24.2 Å². The van der Waals surface area contributed by atoms with Crippen molar-refractivity contribution in [2.24, 2.45) is 0 Å². The summed E-state index contributed by atoms with van der Waals surface area (Å²) in [6.07, 6.45) is 8.09. The predicted octanol–water partition coefficient (Wildman–Crippen LogP) is 2.36. The van der Waals surface area contributed by atoms with Crippen LogP contribution in [0.4, 0.5) is 0 Å². The minimum absolute atomic E-state index is 0.454. The summed E-state index contributed by atoms with van der Waals surface area (Å²) < 4.78 is 2.82. The van der Waals surface area contributed by atoms with Crippen LogP contribution in [0.5, 0.6) is 0 Å². The molecule has 1 aliphatic rings. The van der Waals surface area contributed by atoms with Crippen LogP contribution in [0.1, 0.15) is 20.3 Å². The molecule has 0 aromatic heterocycles. The third kappa shape index (κ3) is 2.65. The Morgan fingerprint density at radius 1 is 1.56 bits per heavy atom. The summed E-state index contributed by atoms with van der Waals surface area (Å²) in [4.78, 5) is 0. The van der Waals surface area contributed by atoms with Gasteiger partial charge < -0.3 is 0 Å². The van der Waals surface area contributed by atoms with Gasteiger partial charge >= 0.3 is 69.3 Å². The molecule has 47 valence electrons. The maximum atomic E-state index is 2.36. The summed E-state index contributed by atoms with van der Waals surface area (Å²) in [5.41, 5.74) is 0. The van der Waals surface area contributed by atoms with E-state index in [1.807, 2.05) is 0 Å². The van der Waals surface area contributed by atoms with Gasteiger partial charge in [-0.1, -0.05) is 0 Å². The average molecular weight is 313 g/mol. The van der Waals surface area contributed by atoms with Crippen molar-refractivity contribution in [1.29, 1.82) is 0 Å². The molecule has 0 aromatic rings. The minimum atomic E-state index is -0.454. The van der Waals surface area contributed by atoms with E-state index in [-0.39, 0.29) is 0 Å². The molecule has 0 unspecified atom stereocenters. The molecule has 0 atom stereocenters. The normalized spacial score (nSPS) is 16.1. The van der Waals surface area contributed by atoms with Crippen LogP contribution >= 0.6 is 0 Å². The molecule has 0 amide bonds. The molecule has 0 fully saturated rings. The van der Waals surface area contributed by atoms with E-state index in [1.54, 1.807) is 3.13 Å². The molecule has 1 heteroatoms. The van der Waals surface area contributed by atoms with E-state index in [1.165, 1.54) is 6.42 Å². The Hall–Kier alpha value is 0.402. The van der Waals surface area contributed by atoms with Crippen molar-refractivity contribution in [3.63, 3.8) is 0 Å². The van der Waals surface area contributed by atoms with Gasteiger partial charge in [0.25, 0.3) is 0 Å². The first kappa shape index (κ1) is 7.51. The van der Waals surface area contributed by atoms with Crippen LogP contribution in [-0.2, 0) is 0 Å². The molecule has 1 rings (SSSR count). The second-order valence-corrected chi connectivity index (χ2v) is 12.1. The fraction of sp³-hybridized carbons (Fsp3) is 0.500. The van der Waals surface area contributed by atoms with Gasteiger partial charge in [-0.25, -0.2) is 0 Å². The number of hydrogen-bond acceptors (Lipinski definition) is 0. The van der Waals surface area contributed by atoms with Crippen molar-refractivity contribution < 1.29 is 0 Å². The Labute approximate surface area is 69.2 Å². The van der Waals surface area contributed by atoms with Crippen molar-refractivity contribution in [3.05, 3.63) is 21.4 Å². The van der Waals surface area contributed by atoms with Crippen LogP contribution in [0.3, 0.4) is 0 Å². The first-order valence-electron chi connectivity index (χ1n) is 3.49. The standard InChI is InChI=1S/C5H5.C3H7.Tl/c1-2-4-5-3-1;1-3-2;/h1-3H,4H2;3H,1-2H3;. The summed E-state index contributed by atoms with van der Waals surface area (Å²) in [6, 6.07) is 0. The Balaban J connectivity index is 2.30. The average Bonchev–Trinajstić information content (AvgIpc) is 2.15. The Morgan fingerprint density at radius 2 is 2.33 bits per heavy atom. The molecule has 0 N–H and O–H groups in total. The van der Waals surface area contributed by atoms with Crippen LogP contribution in [0, 0.1) is 0 Å². The van der Waals surface area contributed by atoms with Gasteiger partial charge in [0.15, 0.2) is 0 Å². The third-order valence-corrected chi connectivity index (χ3v) is 7.27. The van der Waals surface area contributed by atoms with Gasteiger partial charge in [-0.2, -0.15) is 0 Å². The van der Waals surface area contributed by atoms with Gasteiger partial charge in [0, 0.05) is 0 Å². The zero-order chi connectivity index (χ0) is 6.69. The molecule has 0 saturated carbocycles. The van der Waals surface area contributed by atoms with E-state index in [2.05, 4.69) is 32.1 Å². The summed E-state index contributed by atoms with van der Waals surface area (Å²) in [5, 5.41) is 0. The molecule has 0 aromatic carbocycles. The number of allylic oxidation sites excluding steroid dienone is 4. The first-order chi connectivity index (χ1) is 4.29. The summed E-state index contributed by atoms with van der Waals surface area (Å²) in [5.74, 6) is 0. The van der Waals surface area contributed by atoms with Gasteiger partial charge in [-0.15, -0.1) is 0 Å². The van der Waals surface area contributed by atoms with Gasteiger partial charge in [-0.3, -0.25) is 0 Å². The second kappa shape index (κ2) is 3.54. The van der Waals surface area contributed by atoms with Crippen molar-refractivity contribution in [2.75, 3.05) is 0 Å². The molecule has 0 saturated heterocycles. The van der Waals surface area contributed by atoms with Gasteiger partial charge in [0.1, 0.15) is 0 Å². The van der Waals surface area contributed by atoms with E-state index in [0.717, 1.165) is 3.48 Å². The van der Waals surface area contributed by atoms with Crippen LogP contribution < -0.4 is 0 Å². The molecular formula is C8H12Tl. The number of rotatable bonds is 2. The zero-order valence-corrected chi connectivity index (χ0v) is 10.6. The van der Waals surface area contributed by atoms with E-state index in [4.69, 9.17) is 0 Å². The van der Waals surface area contributed by atoms with Crippen LogP contribution in [0.15, 0.2) is 21.4 Å². The quantitative estimate of drug-likeness (QED) is 0.687. The topological polar surface area (TPSA) is 0 Å². The Bertz CT molecular complexity index is 143. The molecule has 0 spiro atoms. The second-order valence-electron chi connectivity index (χ2n) is 2.78. The fourth-order valence-electron chi connectivity index (χ4n) is 1.02. The van der Waals surface area contributed by atoms with E-state index < -0.39 is 24.2 Å². The van der Waals surface area contributed by atoms with Crippen molar-refractivity contribution >= 4 is 24.2 Å². The maximum absolute atomic E-state index is 2.36.